The SMILES string of the molecule is NC1=NCCN1CCSc1ccc2c(c1C(=O)O)OB(O)C1CC21. The number of rotatable bonds is 5. The predicted molar refractivity (Wildman–Crippen MR) is 91.9 cm³/mol. The maximum Gasteiger partial charge on any atom is 0.526 e. The summed E-state index contributed by atoms with van der Waals surface area (Å²) >= 11 is 1.46. The number of aliphatic imine (C=N–C) groups is 1. The molecule has 2 heterocycles. The highest BCUT2D eigenvalue weighted by Crippen LogP contribution is 2.60. The van der Waals surface area contributed by atoms with Crippen LogP contribution < -0.4 is 10.4 Å². The molecule has 0 bridgehead atoms. The second-order valence-corrected chi connectivity index (χ2v) is 7.39. The summed E-state index contributed by atoms with van der Waals surface area (Å²) in [4.78, 5) is 18.5. The fourth-order valence-electron chi connectivity index (χ4n) is 3.41. The van der Waals surface area contributed by atoms with E-state index < -0.39 is 13.1 Å². The van der Waals surface area contributed by atoms with E-state index in [1.165, 1.54) is 11.8 Å². The van der Waals surface area contributed by atoms with Gasteiger partial charge in [0.25, 0.3) is 0 Å². The average Bonchev–Trinajstić information content (AvgIpc) is 3.25. The Bertz CT molecular complexity index is 729. The van der Waals surface area contributed by atoms with E-state index in [-0.39, 0.29) is 17.3 Å². The van der Waals surface area contributed by atoms with E-state index in [1.54, 1.807) is 0 Å². The minimum Gasteiger partial charge on any atom is -0.535 e. The van der Waals surface area contributed by atoms with Gasteiger partial charge in [0.05, 0.1) is 6.54 Å². The van der Waals surface area contributed by atoms with Crippen LogP contribution in [0.25, 0.3) is 0 Å². The summed E-state index contributed by atoms with van der Waals surface area (Å²) in [5, 5.41) is 19.6. The minimum absolute atomic E-state index is 0.107. The van der Waals surface area contributed by atoms with E-state index >= 15 is 0 Å². The number of hydrogen-bond donors (Lipinski definition) is 3. The Morgan fingerprint density at radius 2 is 2.38 bits per heavy atom. The van der Waals surface area contributed by atoms with Gasteiger partial charge in [-0.2, -0.15) is 0 Å². The summed E-state index contributed by atoms with van der Waals surface area (Å²) in [6, 6.07) is 3.79. The molecule has 9 heteroatoms. The number of nitrogens with zero attached hydrogens (tertiary/aromatic N) is 2. The number of nitrogens with two attached hydrogens (primary N) is 1. The lowest BCUT2D eigenvalue weighted by Gasteiger charge is -2.23. The molecule has 4 N–H and O–H groups in total. The van der Waals surface area contributed by atoms with Gasteiger partial charge in [-0.1, -0.05) is 6.07 Å². The van der Waals surface area contributed by atoms with Crippen molar-refractivity contribution in [3.63, 3.8) is 0 Å². The van der Waals surface area contributed by atoms with Crippen molar-refractivity contribution < 1.29 is 19.6 Å². The van der Waals surface area contributed by atoms with Gasteiger partial charge in [-0.25, -0.2) is 4.79 Å². The van der Waals surface area contributed by atoms with E-state index in [9.17, 15) is 14.9 Å². The van der Waals surface area contributed by atoms with Crippen molar-refractivity contribution >= 4 is 30.8 Å². The van der Waals surface area contributed by atoms with Gasteiger partial charge >= 0.3 is 13.1 Å². The first kappa shape index (κ1) is 15.7. The first-order valence-corrected chi connectivity index (χ1v) is 8.97. The van der Waals surface area contributed by atoms with E-state index in [1.807, 2.05) is 17.0 Å². The first-order valence-electron chi connectivity index (χ1n) is 7.99. The maximum absolute atomic E-state index is 11.8. The first-order chi connectivity index (χ1) is 11.6. The lowest BCUT2D eigenvalue weighted by molar-refractivity contribution is 0.0690. The van der Waals surface area contributed by atoms with Crippen LogP contribution >= 0.6 is 11.8 Å². The van der Waals surface area contributed by atoms with Crippen molar-refractivity contribution in [2.75, 3.05) is 25.4 Å². The van der Waals surface area contributed by atoms with E-state index in [4.69, 9.17) is 10.4 Å². The zero-order valence-corrected chi connectivity index (χ0v) is 13.8. The molecule has 1 aliphatic carbocycles. The second kappa shape index (κ2) is 5.89. The number of guanidine groups is 1. The van der Waals surface area contributed by atoms with E-state index in [2.05, 4.69) is 4.99 Å². The van der Waals surface area contributed by atoms with Gasteiger partial charge in [-0.15, -0.1) is 11.8 Å². The van der Waals surface area contributed by atoms with Crippen LogP contribution in [0.4, 0.5) is 0 Å². The van der Waals surface area contributed by atoms with Crippen molar-refractivity contribution in [1.82, 2.24) is 4.90 Å². The lowest BCUT2D eigenvalue weighted by Crippen LogP contribution is -2.35. The highest BCUT2D eigenvalue weighted by Gasteiger charge is 2.54. The molecule has 0 radical (unpaired) electrons. The monoisotopic (exact) mass is 347 g/mol. The van der Waals surface area contributed by atoms with Gasteiger partial charge in [0.1, 0.15) is 11.3 Å². The molecular weight excluding hydrogens is 329 g/mol. The lowest BCUT2D eigenvalue weighted by atomic mass is 9.77. The molecule has 1 saturated carbocycles. The van der Waals surface area contributed by atoms with Crippen LogP contribution in [0.2, 0.25) is 5.82 Å². The molecule has 2 atom stereocenters. The van der Waals surface area contributed by atoms with Crippen LogP contribution in [0.1, 0.15) is 28.3 Å². The Labute approximate surface area is 144 Å². The Morgan fingerprint density at radius 1 is 1.54 bits per heavy atom. The Kier molecular flexibility index (Phi) is 3.84. The van der Waals surface area contributed by atoms with Crippen LogP contribution in [0, 0.1) is 0 Å². The van der Waals surface area contributed by atoms with Gasteiger partial charge in [0.15, 0.2) is 5.96 Å². The number of carboxylic acid groups (broad SMARTS) is 1. The zero-order chi connectivity index (χ0) is 16.8. The summed E-state index contributed by atoms with van der Waals surface area (Å²) < 4.78 is 5.53. The number of carbonyl (C=O) groups is 1. The van der Waals surface area contributed by atoms with Gasteiger partial charge < -0.3 is 25.4 Å². The molecule has 1 fully saturated rings. The Morgan fingerprint density at radius 3 is 3.08 bits per heavy atom. The molecule has 0 amide bonds. The van der Waals surface area contributed by atoms with Crippen LogP contribution in [0.5, 0.6) is 5.75 Å². The summed E-state index contributed by atoms with van der Waals surface area (Å²) in [5.41, 5.74) is 6.85. The average molecular weight is 347 g/mol. The van der Waals surface area contributed by atoms with Crippen molar-refractivity contribution in [2.45, 2.75) is 23.1 Å². The molecule has 126 valence electrons. The summed E-state index contributed by atoms with van der Waals surface area (Å²) in [6.45, 7) is 2.23. The molecule has 2 unspecified atom stereocenters. The molecule has 3 aliphatic rings. The molecule has 2 aliphatic heterocycles. The van der Waals surface area contributed by atoms with E-state index in [0.717, 1.165) is 18.5 Å². The van der Waals surface area contributed by atoms with Crippen molar-refractivity contribution in [3.05, 3.63) is 23.3 Å². The molecule has 24 heavy (non-hydrogen) atoms. The molecular formula is C15H18BN3O4S. The molecule has 4 rings (SSSR count). The predicted octanol–water partition coefficient (Wildman–Crippen LogP) is 0.838. The van der Waals surface area contributed by atoms with Gasteiger partial charge in [-0.05, 0) is 24.0 Å². The van der Waals surface area contributed by atoms with E-state index in [0.29, 0.717) is 35.4 Å². The molecule has 0 spiro atoms. The summed E-state index contributed by atoms with van der Waals surface area (Å²) in [6.07, 6.45) is 0.854. The molecule has 0 saturated heterocycles. The van der Waals surface area contributed by atoms with Crippen molar-refractivity contribution in [2.24, 2.45) is 10.7 Å². The maximum atomic E-state index is 11.8. The van der Waals surface area contributed by atoms with Crippen molar-refractivity contribution in [1.29, 1.82) is 0 Å². The van der Waals surface area contributed by atoms with Gasteiger partial charge in [-0.3, -0.25) is 4.99 Å². The zero-order valence-electron chi connectivity index (χ0n) is 13.0. The van der Waals surface area contributed by atoms with Crippen LogP contribution in [-0.2, 0) is 0 Å². The van der Waals surface area contributed by atoms with Gasteiger partial charge in [0.2, 0.25) is 0 Å². The standard InChI is InChI=1S/C15H18BN3O4S/c17-15-18-3-4-19(15)5-6-24-11-2-1-8-9-7-10(9)16(22)23-13(8)12(11)14(20)21/h1-2,9-10,22H,3-7H2,(H2,17,18)(H,20,21). The molecule has 1 aromatic rings. The third-order valence-electron chi connectivity index (χ3n) is 4.79. The number of carboxylic acids is 1. The highest BCUT2D eigenvalue weighted by molar-refractivity contribution is 7.99. The third kappa shape index (κ3) is 2.61. The fraction of sp³-hybridized carbons (Fsp3) is 0.467. The number of fused-ring (bicyclic) bond motifs is 3. The highest BCUT2D eigenvalue weighted by atomic mass is 32.2. The largest absolute Gasteiger partial charge is 0.535 e. The Balaban J connectivity index is 1.54. The molecule has 1 aromatic carbocycles. The summed E-state index contributed by atoms with van der Waals surface area (Å²) in [5.74, 6) is 0.885. The van der Waals surface area contributed by atoms with Crippen LogP contribution in [-0.4, -0.2) is 59.5 Å². The molecule has 7 nitrogen and oxygen atoms in total. The smallest absolute Gasteiger partial charge is 0.526 e. The van der Waals surface area contributed by atoms with Gasteiger partial charge in [0, 0.05) is 29.6 Å². The Hall–Kier alpha value is -1.87. The molecule has 0 aromatic heterocycles. The van der Waals surface area contributed by atoms with Crippen LogP contribution in [0.15, 0.2) is 22.0 Å². The van der Waals surface area contributed by atoms with Crippen molar-refractivity contribution in [3.8, 4) is 5.75 Å². The van der Waals surface area contributed by atoms with Crippen LogP contribution in [0.3, 0.4) is 0 Å². The second-order valence-electron chi connectivity index (χ2n) is 6.25. The topological polar surface area (TPSA) is 108 Å². The number of benzene rings is 1. The number of thioether (sulfide) groups is 1. The summed E-state index contributed by atoms with van der Waals surface area (Å²) in [7, 11) is -0.901. The third-order valence-corrected chi connectivity index (χ3v) is 5.83. The quantitative estimate of drug-likeness (QED) is 0.535. The fourth-order valence-corrected chi connectivity index (χ4v) is 4.43. The number of aromatic carboxylic acids is 1. The number of hydrogen-bond acceptors (Lipinski definition) is 7. The minimum atomic E-state index is -1.03. The normalized spacial score (nSPS) is 24.1.